The van der Waals surface area contributed by atoms with Crippen LogP contribution >= 0.6 is 0 Å². The molecule has 2 N–H and O–H groups in total. The van der Waals surface area contributed by atoms with Gasteiger partial charge >= 0.3 is 0 Å². The molecule has 0 saturated heterocycles. The molecule has 0 atom stereocenters. The van der Waals surface area contributed by atoms with E-state index in [0.717, 1.165) is 5.52 Å². The van der Waals surface area contributed by atoms with Crippen molar-refractivity contribution in [3.05, 3.63) is 12.5 Å². The topological polar surface area (TPSA) is 69.6 Å². The number of hydrogen-bond acceptors (Lipinski definition) is 4. The number of nitrogens with zero attached hydrogens (tertiary/aromatic N) is 4. The van der Waals surface area contributed by atoms with Gasteiger partial charge in [-0.25, -0.2) is 9.97 Å². The largest absolute Gasteiger partial charge is 0.369 e. The molecule has 0 aliphatic rings. The van der Waals surface area contributed by atoms with Gasteiger partial charge in [-0.3, -0.25) is 0 Å². The van der Waals surface area contributed by atoms with Crippen LogP contribution in [0.2, 0.25) is 0 Å². The van der Waals surface area contributed by atoms with Crippen molar-refractivity contribution in [3.63, 3.8) is 0 Å². The third-order valence-electron chi connectivity index (χ3n) is 2.03. The molecule has 2 aromatic rings. The Morgan fingerprint density at radius 2 is 2.07 bits per heavy atom. The van der Waals surface area contributed by atoms with E-state index in [2.05, 4.69) is 35.7 Å². The summed E-state index contributed by atoms with van der Waals surface area (Å²) in [6.07, 6.45) is 3.21. The lowest BCUT2D eigenvalue weighted by atomic mass is 10.1. The number of rotatable bonds is 0. The fraction of sp³-hybridized carbons (Fsp3) is 0.444. The first-order valence-electron chi connectivity index (χ1n) is 4.44. The highest BCUT2D eigenvalue weighted by Crippen LogP contribution is 2.24. The van der Waals surface area contributed by atoms with Crippen molar-refractivity contribution in [1.82, 2.24) is 19.5 Å². The van der Waals surface area contributed by atoms with Crippen LogP contribution in [0, 0.1) is 0 Å². The molecule has 74 valence electrons. The van der Waals surface area contributed by atoms with Gasteiger partial charge in [-0.1, -0.05) is 0 Å². The summed E-state index contributed by atoms with van der Waals surface area (Å²) >= 11 is 0. The summed E-state index contributed by atoms with van der Waals surface area (Å²) in [5.74, 6) is 0.480. The summed E-state index contributed by atoms with van der Waals surface area (Å²) in [5, 5.41) is 0. The normalized spacial score (nSPS) is 12.2. The zero-order chi connectivity index (χ0) is 10.3. The van der Waals surface area contributed by atoms with Crippen LogP contribution in [0.5, 0.6) is 0 Å². The van der Waals surface area contributed by atoms with Crippen molar-refractivity contribution in [2.75, 3.05) is 5.73 Å². The number of imidazole rings is 1. The fourth-order valence-corrected chi connectivity index (χ4v) is 1.55. The molecule has 2 rings (SSSR count). The molecule has 14 heavy (non-hydrogen) atoms. The molecule has 0 bridgehead atoms. The smallest absolute Gasteiger partial charge is 0.203 e. The Balaban J connectivity index is 2.81. The van der Waals surface area contributed by atoms with Crippen molar-refractivity contribution in [1.29, 1.82) is 0 Å². The highest BCUT2D eigenvalue weighted by Gasteiger charge is 2.20. The lowest BCUT2D eigenvalue weighted by Gasteiger charge is -2.22. The average Bonchev–Trinajstić information content (AvgIpc) is 2.38. The molecule has 0 radical (unpaired) electrons. The Bertz CT molecular complexity index is 465. The van der Waals surface area contributed by atoms with E-state index < -0.39 is 0 Å². The van der Waals surface area contributed by atoms with Crippen LogP contribution in [-0.4, -0.2) is 19.5 Å². The van der Waals surface area contributed by atoms with Crippen LogP contribution in [0.15, 0.2) is 12.5 Å². The molecule has 0 unspecified atom stereocenters. The third kappa shape index (κ3) is 1.21. The van der Waals surface area contributed by atoms with Crippen LogP contribution in [0.1, 0.15) is 20.8 Å². The summed E-state index contributed by atoms with van der Waals surface area (Å²) in [4.78, 5) is 12.2. The second-order valence-electron chi connectivity index (χ2n) is 4.21. The van der Waals surface area contributed by atoms with E-state index >= 15 is 0 Å². The maximum Gasteiger partial charge on any atom is 0.203 e. The van der Waals surface area contributed by atoms with Crippen LogP contribution in [0.25, 0.3) is 11.2 Å². The van der Waals surface area contributed by atoms with Gasteiger partial charge < -0.3 is 10.3 Å². The number of nitrogen functional groups attached to an aromatic ring is 1. The highest BCUT2D eigenvalue weighted by molar-refractivity contribution is 5.73. The Morgan fingerprint density at radius 1 is 1.36 bits per heavy atom. The van der Waals surface area contributed by atoms with Gasteiger partial charge in [-0.05, 0) is 20.8 Å². The number of hydrogen-bond donors (Lipinski definition) is 1. The minimum absolute atomic E-state index is 0.108. The molecule has 2 aromatic heterocycles. The molecule has 0 aromatic carbocycles. The Kier molecular flexibility index (Phi) is 1.70. The predicted octanol–water partition coefficient (Wildman–Crippen LogP) is 1.16. The molecule has 0 aliphatic carbocycles. The highest BCUT2D eigenvalue weighted by atomic mass is 15.2. The fourth-order valence-electron chi connectivity index (χ4n) is 1.55. The van der Waals surface area contributed by atoms with Crippen molar-refractivity contribution >= 4 is 17.1 Å². The van der Waals surface area contributed by atoms with Crippen LogP contribution < -0.4 is 5.73 Å². The van der Waals surface area contributed by atoms with E-state index in [0.29, 0.717) is 11.6 Å². The number of fused-ring (bicyclic) bond motifs is 1. The zero-order valence-corrected chi connectivity index (χ0v) is 8.52. The van der Waals surface area contributed by atoms with Gasteiger partial charge in [-0.2, -0.15) is 4.98 Å². The monoisotopic (exact) mass is 191 g/mol. The molecular formula is C9H13N5. The molecule has 0 spiro atoms. The quantitative estimate of drug-likeness (QED) is 0.678. The molecule has 2 heterocycles. The summed E-state index contributed by atoms with van der Waals surface area (Å²) in [5.41, 5.74) is 7.23. The number of nitrogens with two attached hydrogens (primary N) is 1. The van der Waals surface area contributed by atoms with E-state index in [1.165, 1.54) is 6.33 Å². The molecule has 5 nitrogen and oxygen atoms in total. The minimum atomic E-state index is -0.108. The number of aromatic nitrogens is 4. The van der Waals surface area contributed by atoms with Crippen molar-refractivity contribution in [3.8, 4) is 0 Å². The van der Waals surface area contributed by atoms with Crippen molar-refractivity contribution in [2.45, 2.75) is 26.3 Å². The summed E-state index contributed by atoms with van der Waals surface area (Å²) in [7, 11) is 0. The van der Waals surface area contributed by atoms with Gasteiger partial charge in [-0.15, -0.1) is 0 Å². The molecule has 0 aliphatic heterocycles. The average molecular weight is 191 g/mol. The number of anilines is 1. The standard InChI is InChI=1S/C9H13N5/c1-9(2,3)14-6-4-11-5-12-7(6)13-8(14)10/h4-5H,1-3H3,(H2,10,11,12,13). The first-order valence-corrected chi connectivity index (χ1v) is 4.44. The molecule has 0 amide bonds. The lowest BCUT2D eigenvalue weighted by Crippen LogP contribution is -2.23. The first kappa shape index (κ1) is 8.93. The maximum absolute atomic E-state index is 5.82. The van der Waals surface area contributed by atoms with Gasteiger partial charge in [0.25, 0.3) is 0 Å². The molecule has 5 heteroatoms. The van der Waals surface area contributed by atoms with Crippen molar-refractivity contribution < 1.29 is 0 Å². The van der Waals surface area contributed by atoms with Gasteiger partial charge in [0.1, 0.15) is 11.8 Å². The molecule has 0 fully saturated rings. The molecular weight excluding hydrogens is 178 g/mol. The van der Waals surface area contributed by atoms with E-state index in [1.807, 2.05) is 4.57 Å². The third-order valence-corrected chi connectivity index (χ3v) is 2.03. The van der Waals surface area contributed by atoms with Crippen LogP contribution in [-0.2, 0) is 5.54 Å². The Labute approximate surface area is 82.0 Å². The van der Waals surface area contributed by atoms with Gasteiger partial charge in [0, 0.05) is 5.54 Å². The summed E-state index contributed by atoms with van der Waals surface area (Å²) < 4.78 is 1.93. The van der Waals surface area contributed by atoms with Gasteiger partial charge in [0.15, 0.2) is 5.65 Å². The second kappa shape index (κ2) is 2.67. The molecule has 0 saturated carbocycles. The van der Waals surface area contributed by atoms with E-state index in [1.54, 1.807) is 6.20 Å². The van der Waals surface area contributed by atoms with E-state index in [-0.39, 0.29) is 5.54 Å². The van der Waals surface area contributed by atoms with Crippen LogP contribution in [0.3, 0.4) is 0 Å². The van der Waals surface area contributed by atoms with E-state index in [9.17, 15) is 0 Å². The summed E-state index contributed by atoms with van der Waals surface area (Å²) in [6, 6.07) is 0. The predicted molar refractivity (Wildman–Crippen MR) is 54.7 cm³/mol. The first-order chi connectivity index (χ1) is 6.50. The minimum Gasteiger partial charge on any atom is -0.369 e. The van der Waals surface area contributed by atoms with Gasteiger partial charge in [0.05, 0.1) is 6.20 Å². The Morgan fingerprint density at radius 3 is 2.71 bits per heavy atom. The lowest BCUT2D eigenvalue weighted by molar-refractivity contribution is 0.414. The zero-order valence-electron chi connectivity index (χ0n) is 8.52. The van der Waals surface area contributed by atoms with Crippen LogP contribution in [0.4, 0.5) is 5.95 Å². The SMILES string of the molecule is CC(C)(C)n1c(N)nc2ncncc21. The van der Waals surface area contributed by atoms with Crippen molar-refractivity contribution in [2.24, 2.45) is 0 Å². The summed E-state index contributed by atoms with van der Waals surface area (Å²) in [6.45, 7) is 6.20. The Hall–Kier alpha value is -1.65. The van der Waals surface area contributed by atoms with E-state index in [4.69, 9.17) is 5.73 Å². The van der Waals surface area contributed by atoms with Gasteiger partial charge in [0.2, 0.25) is 5.95 Å². The maximum atomic E-state index is 5.82. The second-order valence-corrected chi connectivity index (χ2v) is 4.21.